The summed E-state index contributed by atoms with van der Waals surface area (Å²) in [6.07, 6.45) is 0. The highest BCUT2D eigenvalue weighted by Gasteiger charge is 2.01. The van der Waals surface area contributed by atoms with E-state index in [0.29, 0.717) is 19.8 Å². The van der Waals surface area contributed by atoms with Gasteiger partial charge in [-0.1, -0.05) is 15.9 Å². The van der Waals surface area contributed by atoms with Gasteiger partial charge in [-0.2, -0.15) is 0 Å². The van der Waals surface area contributed by atoms with Crippen molar-refractivity contribution in [3.8, 4) is 17.2 Å². The zero-order valence-electron chi connectivity index (χ0n) is 11.8. The third kappa shape index (κ3) is 4.65. The summed E-state index contributed by atoms with van der Waals surface area (Å²) >= 11 is 3.44. The minimum Gasteiger partial charge on any atom is -0.497 e. The number of hydrogen-bond acceptors (Lipinski definition) is 4. The molecule has 0 heterocycles. The van der Waals surface area contributed by atoms with Crippen LogP contribution in [0.25, 0.3) is 0 Å². The predicted molar refractivity (Wildman–Crippen MR) is 86.0 cm³/mol. The quantitative estimate of drug-likeness (QED) is 0.777. The largest absolute Gasteiger partial charge is 0.497 e. The van der Waals surface area contributed by atoms with Crippen molar-refractivity contribution in [1.82, 2.24) is 0 Å². The first kappa shape index (κ1) is 15.7. The van der Waals surface area contributed by atoms with E-state index in [-0.39, 0.29) is 0 Å². The van der Waals surface area contributed by atoms with Gasteiger partial charge in [-0.15, -0.1) is 0 Å². The van der Waals surface area contributed by atoms with Crippen LogP contribution in [0.5, 0.6) is 17.2 Å². The summed E-state index contributed by atoms with van der Waals surface area (Å²) in [4.78, 5) is 0. The SMILES string of the molecule is COc1ccc(OCCOc2ccc(Br)c(CN)c2)cc1. The maximum absolute atomic E-state index is 5.65. The number of nitrogens with two attached hydrogens (primary N) is 1. The van der Waals surface area contributed by atoms with Crippen LogP contribution < -0.4 is 19.9 Å². The van der Waals surface area contributed by atoms with Crippen LogP contribution in [0.15, 0.2) is 46.9 Å². The molecule has 0 fully saturated rings. The maximum Gasteiger partial charge on any atom is 0.122 e. The van der Waals surface area contributed by atoms with Gasteiger partial charge in [0, 0.05) is 11.0 Å². The fourth-order valence-electron chi connectivity index (χ4n) is 1.79. The summed E-state index contributed by atoms with van der Waals surface area (Å²) in [7, 11) is 1.64. The van der Waals surface area contributed by atoms with Crippen molar-refractivity contribution >= 4 is 15.9 Å². The van der Waals surface area contributed by atoms with Crippen molar-refractivity contribution in [1.29, 1.82) is 0 Å². The van der Waals surface area contributed by atoms with E-state index >= 15 is 0 Å². The summed E-state index contributed by atoms with van der Waals surface area (Å²) in [5, 5.41) is 0. The van der Waals surface area contributed by atoms with E-state index in [9.17, 15) is 0 Å². The molecule has 0 spiro atoms. The minimum atomic E-state index is 0.470. The van der Waals surface area contributed by atoms with Crippen molar-refractivity contribution in [2.75, 3.05) is 20.3 Å². The van der Waals surface area contributed by atoms with Crippen LogP contribution in [0.4, 0.5) is 0 Å². The molecule has 2 N–H and O–H groups in total. The molecule has 0 aliphatic heterocycles. The Kier molecular flexibility index (Phi) is 5.90. The molecule has 0 atom stereocenters. The highest BCUT2D eigenvalue weighted by atomic mass is 79.9. The second kappa shape index (κ2) is 7.90. The summed E-state index contributed by atoms with van der Waals surface area (Å²) in [6.45, 7) is 1.41. The van der Waals surface area contributed by atoms with E-state index in [1.807, 2.05) is 42.5 Å². The van der Waals surface area contributed by atoms with Crippen LogP contribution >= 0.6 is 15.9 Å². The molecule has 112 valence electrons. The lowest BCUT2D eigenvalue weighted by Gasteiger charge is -2.10. The molecule has 5 heteroatoms. The molecule has 0 radical (unpaired) electrons. The molecule has 4 nitrogen and oxygen atoms in total. The Morgan fingerprint density at radius 1 is 0.905 bits per heavy atom. The number of methoxy groups -OCH3 is 1. The molecular weight excluding hydrogens is 334 g/mol. The average Bonchev–Trinajstić information content (AvgIpc) is 2.53. The number of halogens is 1. The van der Waals surface area contributed by atoms with Crippen LogP contribution in [0.3, 0.4) is 0 Å². The van der Waals surface area contributed by atoms with Gasteiger partial charge in [-0.3, -0.25) is 0 Å². The number of rotatable bonds is 7. The summed E-state index contributed by atoms with van der Waals surface area (Å²) < 4.78 is 17.3. The van der Waals surface area contributed by atoms with E-state index in [0.717, 1.165) is 27.3 Å². The highest BCUT2D eigenvalue weighted by molar-refractivity contribution is 9.10. The van der Waals surface area contributed by atoms with Gasteiger partial charge >= 0.3 is 0 Å². The first-order valence-electron chi connectivity index (χ1n) is 6.61. The van der Waals surface area contributed by atoms with Gasteiger partial charge in [0.2, 0.25) is 0 Å². The summed E-state index contributed by atoms with van der Waals surface area (Å²) in [6, 6.07) is 13.2. The summed E-state index contributed by atoms with van der Waals surface area (Å²) in [5.41, 5.74) is 6.67. The molecule has 0 saturated heterocycles. The van der Waals surface area contributed by atoms with Crippen LogP contribution in [-0.4, -0.2) is 20.3 Å². The van der Waals surface area contributed by atoms with E-state index in [1.54, 1.807) is 7.11 Å². The molecule has 0 aliphatic rings. The topological polar surface area (TPSA) is 53.7 Å². The van der Waals surface area contributed by atoms with E-state index in [2.05, 4.69) is 15.9 Å². The fraction of sp³-hybridized carbons (Fsp3) is 0.250. The Morgan fingerprint density at radius 3 is 2.10 bits per heavy atom. The number of ether oxygens (including phenoxy) is 3. The number of hydrogen-bond donors (Lipinski definition) is 1. The molecule has 0 bridgehead atoms. The monoisotopic (exact) mass is 351 g/mol. The zero-order valence-corrected chi connectivity index (χ0v) is 13.4. The Hall–Kier alpha value is -1.72. The van der Waals surface area contributed by atoms with E-state index in [4.69, 9.17) is 19.9 Å². The minimum absolute atomic E-state index is 0.470. The predicted octanol–water partition coefficient (Wildman–Crippen LogP) is 3.37. The van der Waals surface area contributed by atoms with E-state index in [1.165, 1.54) is 0 Å². The van der Waals surface area contributed by atoms with Crippen LogP contribution in [0, 0.1) is 0 Å². The Balaban J connectivity index is 1.78. The molecule has 2 aromatic carbocycles. The molecular formula is C16H18BrNO3. The maximum atomic E-state index is 5.65. The van der Waals surface area contributed by atoms with Crippen molar-refractivity contribution in [3.05, 3.63) is 52.5 Å². The molecule has 0 unspecified atom stereocenters. The third-order valence-corrected chi connectivity index (χ3v) is 3.69. The van der Waals surface area contributed by atoms with Gasteiger partial charge in [0.05, 0.1) is 7.11 Å². The van der Waals surface area contributed by atoms with Crippen molar-refractivity contribution < 1.29 is 14.2 Å². The molecule has 0 aromatic heterocycles. The smallest absolute Gasteiger partial charge is 0.122 e. The van der Waals surface area contributed by atoms with Crippen molar-refractivity contribution in [3.63, 3.8) is 0 Å². The zero-order chi connectivity index (χ0) is 15.1. The lowest BCUT2D eigenvalue weighted by molar-refractivity contribution is 0.217. The second-order valence-electron chi connectivity index (χ2n) is 4.33. The Bertz CT molecular complexity index is 572. The lowest BCUT2D eigenvalue weighted by Crippen LogP contribution is -2.09. The standard InChI is InChI=1S/C16H18BrNO3/c1-19-13-2-4-14(5-3-13)20-8-9-21-15-6-7-16(17)12(10-15)11-18/h2-7,10H,8-9,11,18H2,1H3. The van der Waals surface area contributed by atoms with Gasteiger partial charge < -0.3 is 19.9 Å². The molecule has 0 amide bonds. The van der Waals surface area contributed by atoms with Crippen molar-refractivity contribution in [2.45, 2.75) is 6.54 Å². The molecule has 0 aliphatic carbocycles. The first-order valence-corrected chi connectivity index (χ1v) is 7.40. The average molecular weight is 352 g/mol. The normalized spacial score (nSPS) is 10.2. The van der Waals surface area contributed by atoms with Crippen LogP contribution in [0.1, 0.15) is 5.56 Å². The molecule has 2 rings (SSSR count). The molecule has 0 saturated carbocycles. The van der Waals surface area contributed by atoms with Gasteiger partial charge in [-0.25, -0.2) is 0 Å². The van der Waals surface area contributed by atoms with Gasteiger partial charge in [0.25, 0.3) is 0 Å². The third-order valence-electron chi connectivity index (χ3n) is 2.92. The highest BCUT2D eigenvalue weighted by Crippen LogP contribution is 2.22. The van der Waals surface area contributed by atoms with Crippen molar-refractivity contribution in [2.24, 2.45) is 5.73 Å². The van der Waals surface area contributed by atoms with Gasteiger partial charge in [-0.05, 0) is 48.0 Å². The first-order chi connectivity index (χ1) is 10.2. The van der Waals surface area contributed by atoms with Crippen LogP contribution in [0.2, 0.25) is 0 Å². The van der Waals surface area contributed by atoms with Crippen LogP contribution in [-0.2, 0) is 6.54 Å². The molecule has 2 aromatic rings. The van der Waals surface area contributed by atoms with Gasteiger partial charge in [0.1, 0.15) is 30.5 Å². The lowest BCUT2D eigenvalue weighted by atomic mass is 10.2. The van der Waals surface area contributed by atoms with Gasteiger partial charge in [0.15, 0.2) is 0 Å². The fourth-order valence-corrected chi connectivity index (χ4v) is 2.20. The molecule has 21 heavy (non-hydrogen) atoms. The summed E-state index contributed by atoms with van der Waals surface area (Å²) in [5.74, 6) is 2.39. The number of benzene rings is 2. The Labute approximate surface area is 132 Å². The second-order valence-corrected chi connectivity index (χ2v) is 5.18. The Morgan fingerprint density at radius 2 is 1.48 bits per heavy atom. The van der Waals surface area contributed by atoms with E-state index < -0.39 is 0 Å².